The molecule has 2 nitrogen and oxygen atoms in total. The lowest BCUT2D eigenvalue weighted by atomic mass is 9.84. The van der Waals surface area contributed by atoms with Gasteiger partial charge in [0.1, 0.15) is 11.5 Å². The van der Waals surface area contributed by atoms with Gasteiger partial charge in [0.25, 0.3) is 0 Å². The number of benzene rings is 2. The van der Waals surface area contributed by atoms with Crippen LogP contribution in [0.4, 0.5) is 0 Å². The van der Waals surface area contributed by atoms with E-state index in [9.17, 15) is 4.79 Å². The molecule has 0 aliphatic heterocycles. The zero-order valence-electron chi connectivity index (χ0n) is 15.8. The number of aromatic hydroxyl groups is 1. The molecule has 1 N–H and O–H groups in total. The van der Waals surface area contributed by atoms with Gasteiger partial charge in [-0.05, 0) is 49.3 Å². The summed E-state index contributed by atoms with van der Waals surface area (Å²) >= 11 is 0. The SMILES string of the molecule is O=C1CCCCC1.Oc1ccccc1.c1ccc(C2CCCCC2)cc1. The lowest BCUT2D eigenvalue weighted by molar-refractivity contribution is -0.120. The van der Waals surface area contributed by atoms with E-state index in [2.05, 4.69) is 30.3 Å². The number of Topliss-reactive ketones (excluding diaryl/α,β-unsaturated/α-hetero) is 1. The normalized spacial score (nSPS) is 17.3. The minimum atomic E-state index is 0.322. The van der Waals surface area contributed by atoms with Crippen LogP contribution in [0.25, 0.3) is 0 Å². The Bertz CT molecular complexity index is 593. The number of carbonyl (C=O) groups excluding carboxylic acids is 1. The molecule has 2 fully saturated rings. The fraction of sp³-hybridized carbons (Fsp3) is 0.458. The van der Waals surface area contributed by atoms with Crippen LogP contribution in [0.1, 0.15) is 75.7 Å². The number of rotatable bonds is 1. The van der Waals surface area contributed by atoms with Crippen molar-refractivity contribution in [2.75, 3.05) is 0 Å². The average molecular weight is 353 g/mol. The molecule has 0 spiro atoms. The van der Waals surface area contributed by atoms with Gasteiger partial charge < -0.3 is 5.11 Å². The highest BCUT2D eigenvalue weighted by Crippen LogP contribution is 2.32. The van der Waals surface area contributed by atoms with Crippen LogP contribution in [0.5, 0.6) is 5.75 Å². The van der Waals surface area contributed by atoms with E-state index >= 15 is 0 Å². The quantitative estimate of drug-likeness (QED) is 0.624. The molecular formula is C24H32O2. The third-order valence-corrected chi connectivity index (χ3v) is 5.04. The van der Waals surface area contributed by atoms with Crippen molar-refractivity contribution in [3.63, 3.8) is 0 Å². The van der Waals surface area contributed by atoms with Gasteiger partial charge in [-0.1, -0.05) is 74.2 Å². The largest absolute Gasteiger partial charge is 0.508 e. The first-order valence-corrected chi connectivity index (χ1v) is 10.1. The van der Waals surface area contributed by atoms with E-state index in [0.717, 1.165) is 31.6 Å². The molecule has 2 saturated carbocycles. The molecular weight excluding hydrogens is 320 g/mol. The van der Waals surface area contributed by atoms with E-state index in [0.29, 0.717) is 11.5 Å². The molecule has 0 heterocycles. The molecule has 2 aromatic rings. The summed E-state index contributed by atoms with van der Waals surface area (Å²) in [5, 5.41) is 8.63. The molecule has 0 bridgehead atoms. The second kappa shape index (κ2) is 12.3. The highest BCUT2D eigenvalue weighted by Gasteiger charge is 2.14. The third kappa shape index (κ3) is 8.33. The van der Waals surface area contributed by atoms with E-state index in [-0.39, 0.29) is 0 Å². The Labute approximate surface area is 158 Å². The van der Waals surface area contributed by atoms with Crippen LogP contribution >= 0.6 is 0 Å². The third-order valence-electron chi connectivity index (χ3n) is 5.04. The number of carbonyl (C=O) groups is 1. The predicted molar refractivity (Wildman–Crippen MR) is 108 cm³/mol. The number of ketones is 1. The molecule has 26 heavy (non-hydrogen) atoms. The van der Waals surface area contributed by atoms with Crippen LogP contribution in [0, 0.1) is 0 Å². The highest BCUT2D eigenvalue weighted by molar-refractivity contribution is 5.78. The molecule has 2 aromatic carbocycles. The Morgan fingerprint density at radius 3 is 1.58 bits per heavy atom. The van der Waals surface area contributed by atoms with Crippen molar-refractivity contribution >= 4 is 5.78 Å². The van der Waals surface area contributed by atoms with E-state index in [4.69, 9.17) is 5.11 Å². The maximum absolute atomic E-state index is 10.5. The summed E-state index contributed by atoms with van der Waals surface area (Å²) in [6.45, 7) is 0. The van der Waals surface area contributed by atoms with E-state index < -0.39 is 0 Å². The molecule has 0 saturated heterocycles. The average Bonchev–Trinajstić information content (AvgIpc) is 2.72. The number of hydrogen-bond acceptors (Lipinski definition) is 2. The Morgan fingerprint density at radius 2 is 1.15 bits per heavy atom. The van der Waals surface area contributed by atoms with Gasteiger partial charge in [0, 0.05) is 12.8 Å². The second-order valence-electron chi connectivity index (χ2n) is 7.18. The highest BCUT2D eigenvalue weighted by atomic mass is 16.3. The zero-order valence-corrected chi connectivity index (χ0v) is 15.8. The Balaban J connectivity index is 0.000000150. The topological polar surface area (TPSA) is 37.3 Å². The van der Waals surface area contributed by atoms with E-state index in [1.807, 2.05) is 6.07 Å². The first-order valence-electron chi connectivity index (χ1n) is 10.1. The number of phenolic OH excluding ortho intramolecular Hbond substituents is 1. The van der Waals surface area contributed by atoms with Gasteiger partial charge >= 0.3 is 0 Å². The fourth-order valence-electron chi connectivity index (χ4n) is 3.54. The molecule has 0 radical (unpaired) electrons. The van der Waals surface area contributed by atoms with Gasteiger partial charge in [-0.3, -0.25) is 4.79 Å². The minimum absolute atomic E-state index is 0.322. The van der Waals surface area contributed by atoms with E-state index in [1.165, 1.54) is 38.5 Å². The van der Waals surface area contributed by atoms with Crippen molar-refractivity contribution in [1.29, 1.82) is 0 Å². The summed E-state index contributed by atoms with van der Waals surface area (Å²) in [5.41, 5.74) is 1.55. The monoisotopic (exact) mass is 352 g/mol. The van der Waals surface area contributed by atoms with Crippen molar-refractivity contribution in [1.82, 2.24) is 0 Å². The van der Waals surface area contributed by atoms with Gasteiger partial charge in [0.15, 0.2) is 0 Å². The predicted octanol–water partition coefficient (Wildman–Crippen LogP) is 6.65. The van der Waals surface area contributed by atoms with Crippen molar-refractivity contribution in [3.05, 3.63) is 66.2 Å². The van der Waals surface area contributed by atoms with Crippen LogP contribution in [0.2, 0.25) is 0 Å². The molecule has 2 heteroatoms. The maximum atomic E-state index is 10.5. The summed E-state index contributed by atoms with van der Waals surface area (Å²) < 4.78 is 0. The van der Waals surface area contributed by atoms with Crippen molar-refractivity contribution in [3.8, 4) is 5.75 Å². The fourth-order valence-corrected chi connectivity index (χ4v) is 3.54. The Kier molecular flexibility index (Phi) is 9.56. The van der Waals surface area contributed by atoms with Crippen LogP contribution < -0.4 is 0 Å². The molecule has 0 unspecified atom stereocenters. The molecule has 0 atom stereocenters. The van der Waals surface area contributed by atoms with Gasteiger partial charge in [-0.15, -0.1) is 0 Å². The lowest BCUT2D eigenvalue weighted by Gasteiger charge is -2.21. The Hall–Kier alpha value is -2.09. The van der Waals surface area contributed by atoms with Crippen LogP contribution in [-0.2, 0) is 4.79 Å². The molecule has 4 rings (SSSR count). The summed E-state index contributed by atoms with van der Waals surface area (Å²) in [7, 11) is 0. The number of phenols is 1. The van der Waals surface area contributed by atoms with Crippen LogP contribution in [0.15, 0.2) is 60.7 Å². The van der Waals surface area contributed by atoms with Crippen molar-refractivity contribution in [2.45, 2.75) is 70.1 Å². The summed E-state index contributed by atoms with van der Waals surface area (Å²) in [6, 6.07) is 19.7. The molecule has 140 valence electrons. The smallest absolute Gasteiger partial charge is 0.132 e. The van der Waals surface area contributed by atoms with Crippen molar-refractivity contribution in [2.24, 2.45) is 0 Å². The van der Waals surface area contributed by atoms with Crippen LogP contribution in [-0.4, -0.2) is 10.9 Å². The summed E-state index contributed by atoms with van der Waals surface area (Å²) in [4.78, 5) is 10.5. The zero-order chi connectivity index (χ0) is 18.5. The standard InChI is InChI=1S/C12H16.C6H10O.C6H6O/c1-3-7-11(8-4-1)12-9-5-2-6-10-12;2*7-6-4-2-1-3-5-6/h1,3-4,7-8,12H,2,5-6,9-10H2;1-5H2;1-5,7H. The second-order valence-corrected chi connectivity index (χ2v) is 7.18. The Morgan fingerprint density at radius 1 is 0.654 bits per heavy atom. The number of hydrogen-bond donors (Lipinski definition) is 1. The molecule has 0 aromatic heterocycles. The maximum Gasteiger partial charge on any atom is 0.132 e. The number of para-hydroxylation sites is 1. The minimum Gasteiger partial charge on any atom is -0.508 e. The molecule has 2 aliphatic carbocycles. The first kappa shape index (κ1) is 20.2. The van der Waals surface area contributed by atoms with Gasteiger partial charge in [0.05, 0.1) is 0 Å². The molecule has 2 aliphatic rings. The van der Waals surface area contributed by atoms with Crippen molar-refractivity contribution < 1.29 is 9.90 Å². The first-order chi connectivity index (χ1) is 12.8. The van der Waals surface area contributed by atoms with Gasteiger partial charge in [-0.25, -0.2) is 0 Å². The molecule has 0 amide bonds. The van der Waals surface area contributed by atoms with E-state index in [1.54, 1.807) is 29.8 Å². The van der Waals surface area contributed by atoms with Crippen LogP contribution in [0.3, 0.4) is 0 Å². The van der Waals surface area contributed by atoms with Gasteiger partial charge in [-0.2, -0.15) is 0 Å². The summed E-state index contributed by atoms with van der Waals surface area (Å²) in [5.74, 6) is 1.65. The summed E-state index contributed by atoms with van der Waals surface area (Å²) in [6.07, 6.45) is 12.4. The lowest BCUT2D eigenvalue weighted by Crippen LogP contribution is -2.03. The van der Waals surface area contributed by atoms with Gasteiger partial charge in [0.2, 0.25) is 0 Å².